The molecule has 0 aliphatic carbocycles. The van der Waals surface area contributed by atoms with Crippen LogP contribution in [-0.2, 0) is 18.4 Å². The van der Waals surface area contributed by atoms with E-state index in [0.29, 0.717) is 10.9 Å². The number of rotatable bonds is 19. The van der Waals surface area contributed by atoms with E-state index in [1.54, 1.807) is 0 Å². The second-order valence-electron chi connectivity index (χ2n) is 8.60. The van der Waals surface area contributed by atoms with E-state index in [-0.39, 0.29) is 19.6 Å². The number of allylic oxidation sites excluding steroid dienone is 2. The maximum atomic E-state index is 12.0. The summed E-state index contributed by atoms with van der Waals surface area (Å²) in [4.78, 5) is 22.9. The van der Waals surface area contributed by atoms with Crippen molar-refractivity contribution in [1.82, 2.24) is 0 Å². The average Bonchev–Trinajstić information content (AvgIpc) is 2.56. The van der Waals surface area contributed by atoms with Crippen molar-refractivity contribution in [3.8, 4) is 0 Å². The van der Waals surface area contributed by atoms with Gasteiger partial charge in [0.25, 0.3) is 7.82 Å². The number of phosphoric acid groups is 1. The van der Waals surface area contributed by atoms with E-state index < -0.39 is 19.9 Å². The van der Waals surface area contributed by atoms with Crippen molar-refractivity contribution in [3.05, 3.63) is 12.2 Å². The molecule has 0 bridgehead atoms. The van der Waals surface area contributed by atoms with Crippen molar-refractivity contribution < 1.29 is 32.9 Å². The van der Waals surface area contributed by atoms with Crippen LogP contribution in [-0.4, -0.2) is 56.0 Å². The predicted molar refractivity (Wildman–Crippen MR) is 115 cm³/mol. The Labute approximate surface area is 177 Å². The summed E-state index contributed by atoms with van der Waals surface area (Å²) in [6.07, 6.45) is 14.2. The van der Waals surface area contributed by atoms with E-state index in [1.807, 2.05) is 21.1 Å². The third-order valence-electron chi connectivity index (χ3n) is 4.34. The van der Waals surface area contributed by atoms with Crippen LogP contribution >= 0.6 is 7.82 Å². The molecule has 0 heterocycles. The van der Waals surface area contributed by atoms with Crippen LogP contribution < -0.4 is 4.89 Å². The number of aliphatic carboxylic acids is 1. The number of unbranched alkanes of at least 4 members (excludes halogenated alkanes) is 8. The second kappa shape index (κ2) is 16.0. The molecule has 0 aromatic carbocycles. The van der Waals surface area contributed by atoms with Crippen LogP contribution in [0.2, 0.25) is 0 Å². The molecule has 7 nitrogen and oxygen atoms in total. The van der Waals surface area contributed by atoms with Crippen molar-refractivity contribution in [3.63, 3.8) is 0 Å². The Balaban J connectivity index is 3.91. The minimum atomic E-state index is -4.51. The van der Waals surface area contributed by atoms with Gasteiger partial charge in [-0.3, -0.25) is 9.36 Å². The SMILES string of the molecule is CCCCCC/C=C\CCCCCCOP(=O)([O-])O[C@H](CC(=O)O)C[N+](C)(C)C. The minimum Gasteiger partial charge on any atom is -0.756 e. The maximum Gasteiger partial charge on any atom is 0.306 e. The Morgan fingerprint density at radius 1 is 1.03 bits per heavy atom. The summed E-state index contributed by atoms with van der Waals surface area (Å²) >= 11 is 0. The lowest BCUT2D eigenvalue weighted by atomic mass is 10.1. The average molecular weight is 436 g/mol. The largest absolute Gasteiger partial charge is 0.756 e. The monoisotopic (exact) mass is 435 g/mol. The van der Waals surface area contributed by atoms with E-state index in [4.69, 9.17) is 14.2 Å². The number of nitrogens with zero attached hydrogens (tertiary/aromatic N) is 1. The van der Waals surface area contributed by atoms with E-state index >= 15 is 0 Å². The lowest BCUT2D eigenvalue weighted by molar-refractivity contribution is -0.873. The highest BCUT2D eigenvalue weighted by Crippen LogP contribution is 2.41. The fraction of sp³-hybridized carbons (Fsp3) is 0.857. The molecule has 0 rings (SSSR count). The molecule has 172 valence electrons. The standard InChI is InChI=1S/C21H42NO6P/c1-5-6-7-8-9-10-11-12-13-14-15-16-17-27-29(25,26)28-20(18-21(23)24)19-22(2,3)4/h10-11,20H,5-9,12-19H2,1-4H3,(H-,23,24,25,26)/b11-10-/t20-/m1/s1. The molecule has 1 N–H and O–H groups in total. The zero-order valence-corrected chi connectivity index (χ0v) is 19.7. The second-order valence-corrected chi connectivity index (χ2v) is 9.97. The van der Waals surface area contributed by atoms with Crippen LogP contribution in [0, 0.1) is 0 Å². The molecular weight excluding hydrogens is 393 g/mol. The summed E-state index contributed by atoms with van der Waals surface area (Å²) in [5.41, 5.74) is 0. The van der Waals surface area contributed by atoms with Gasteiger partial charge in [0.2, 0.25) is 0 Å². The minimum absolute atomic E-state index is 0.0677. The predicted octanol–water partition coefficient (Wildman–Crippen LogP) is 4.51. The zero-order chi connectivity index (χ0) is 22.2. The molecule has 0 spiro atoms. The molecule has 0 radical (unpaired) electrons. The molecule has 29 heavy (non-hydrogen) atoms. The molecule has 8 heteroatoms. The molecule has 2 atom stereocenters. The van der Waals surface area contributed by atoms with Crippen LogP contribution in [0.3, 0.4) is 0 Å². The van der Waals surface area contributed by atoms with Gasteiger partial charge >= 0.3 is 5.97 Å². The Morgan fingerprint density at radius 3 is 2.10 bits per heavy atom. The van der Waals surface area contributed by atoms with Gasteiger partial charge in [-0.1, -0.05) is 51.2 Å². The highest BCUT2D eigenvalue weighted by Gasteiger charge is 2.26. The Hall–Kier alpha value is -0.720. The Morgan fingerprint density at radius 2 is 1.59 bits per heavy atom. The lowest BCUT2D eigenvalue weighted by Crippen LogP contribution is -2.43. The van der Waals surface area contributed by atoms with Crippen LogP contribution in [0.4, 0.5) is 0 Å². The topological polar surface area (TPSA) is 95.9 Å². The normalized spacial score (nSPS) is 15.5. The molecule has 0 aliphatic heterocycles. The van der Waals surface area contributed by atoms with Crippen LogP contribution in [0.5, 0.6) is 0 Å². The molecule has 0 aromatic rings. The molecule has 0 aromatic heterocycles. The van der Waals surface area contributed by atoms with E-state index in [1.165, 1.54) is 25.7 Å². The number of phosphoric ester groups is 1. The molecule has 0 aliphatic rings. The summed E-state index contributed by atoms with van der Waals surface area (Å²) in [5, 5.41) is 8.95. The Bertz CT molecular complexity index is 504. The third-order valence-corrected chi connectivity index (χ3v) is 5.39. The summed E-state index contributed by atoms with van der Waals surface area (Å²) < 4.78 is 22.3. The summed E-state index contributed by atoms with van der Waals surface area (Å²) in [6, 6.07) is 0. The number of carboxylic acids is 1. The molecule has 1 unspecified atom stereocenters. The Kier molecular flexibility index (Phi) is 15.6. The maximum absolute atomic E-state index is 12.0. The number of carbonyl (C=O) groups is 1. The molecular formula is C21H42NO6P. The van der Waals surface area contributed by atoms with Crippen molar-refractivity contribution >= 4 is 13.8 Å². The first-order valence-corrected chi connectivity index (χ1v) is 12.3. The highest BCUT2D eigenvalue weighted by molar-refractivity contribution is 7.45. The quantitative estimate of drug-likeness (QED) is 0.139. The van der Waals surface area contributed by atoms with Gasteiger partial charge in [-0.15, -0.1) is 0 Å². The van der Waals surface area contributed by atoms with Gasteiger partial charge in [-0.05, 0) is 32.1 Å². The van der Waals surface area contributed by atoms with E-state index in [0.717, 1.165) is 32.1 Å². The first kappa shape index (κ1) is 28.3. The molecule has 0 fully saturated rings. The van der Waals surface area contributed by atoms with E-state index in [9.17, 15) is 14.3 Å². The van der Waals surface area contributed by atoms with Gasteiger partial charge in [0.15, 0.2) is 0 Å². The van der Waals surface area contributed by atoms with Crippen molar-refractivity contribution in [2.24, 2.45) is 0 Å². The molecule has 0 saturated heterocycles. The first-order chi connectivity index (χ1) is 13.6. The van der Waals surface area contributed by atoms with Crippen molar-refractivity contribution in [1.29, 1.82) is 0 Å². The van der Waals surface area contributed by atoms with Crippen LogP contribution in [0.15, 0.2) is 12.2 Å². The van der Waals surface area contributed by atoms with Gasteiger partial charge in [0, 0.05) is 0 Å². The summed E-state index contributed by atoms with van der Waals surface area (Å²) in [5.74, 6) is -1.10. The summed E-state index contributed by atoms with van der Waals surface area (Å²) in [7, 11) is 1.02. The van der Waals surface area contributed by atoms with Crippen molar-refractivity contribution in [2.45, 2.75) is 83.7 Å². The fourth-order valence-corrected chi connectivity index (χ4v) is 3.89. The number of carboxylic acid groups (broad SMARTS) is 1. The number of hydrogen-bond acceptors (Lipinski definition) is 5. The third kappa shape index (κ3) is 20.3. The van der Waals surface area contributed by atoms with Gasteiger partial charge in [-0.2, -0.15) is 0 Å². The lowest BCUT2D eigenvalue weighted by Gasteiger charge is -2.32. The van der Waals surface area contributed by atoms with Crippen LogP contribution in [0.1, 0.15) is 77.6 Å². The van der Waals surface area contributed by atoms with Crippen LogP contribution in [0.25, 0.3) is 0 Å². The zero-order valence-electron chi connectivity index (χ0n) is 18.8. The van der Waals surface area contributed by atoms with Gasteiger partial charge in [0.1, 0.15) is 12.6 Å². The van der Waals surface area contributed by atoms with Gasteiger partial charge in [0.05, 0.1) is 34.2 Å². The van der Waals surface area contributed by atoms with Gasteiger partial charge in [-0.25, -0.2) is 0 Å². The number of likely N-dealkylation sites (N-methyl/N-ethyl adjacent to an activating group) is 1. The number of quaternary nitrogens is 1. The van der Waals surface area contributed by atoms with E-state index in [2.05, 4.69) is 19.1 Å². The summed E-state index contributed by atoms with van der Waals surface area (Å²) in [6.45, 7) is 2.54. The smallest absolute Gasteiger partial charge is 0.306 e. The number of hydrogen-bond donors (Lipinski definition) is 1. The first-order valence-electron chi connectivity index (χ1n) is 10.9. The van der Waals surface area contributed by atoms with Gasteiger partial charge < -0.3 is 23.5 Å². The fourth-order valence-electron chi connectivity index (χ4n) is 2.97. The molecule has 0 saturated carbocycles. The van der Waals surface area contributed by atoms with Crippen molar-refractivity contribution in [2.75, 3.05) is 34.3 Å². The highest BCUT2D eigenvalue weighted by atomic mass is 31.2. The molecule has 0 amide bonds.